The number of amides is 1. The molecule has 0 unspecified atom stereocenters. The van der Waals surface area contributed by atoms with Crippen LogP contribution in [0.15, 0.2) is 35.3 Å². The lowest BCUT2D eigenvalue weighted by molar-refractivity contribution is -0.122. The molecular weight excluding hydrogens is 252 g/mol. The highest BCUT2D eigenvalue weighted by atomic mass is 16.5. The fraction of sp³-hybridized carbons (Fsp3) is 0.500. The average molecular weight is 272 g/mol. The van der Waals surface area contributed by atoms with Crippen LogP contribution >= 0.6 is 0 Å². The first-order valence-corrected chi connectivity index (χ1v) is 7.10. The van der Waals surface area contributed by atoms with Gasteiger partial charge in [0, 0.05) is 13.2 Å². The second-order valence-corrected chi connectivity index (χ2v) is 6.03. The molecule has 0 saturated carbocycles. The molecule has 0 aliphatic carbocycles. The quantitative estimate of drug-likeness (QED) is 0.895. The molecule has 2 aliphatic heterocycles. The molecule has 20 heavy (non-hydrogen) atoms. The third kappa shape index (κ3) is 2.04. The number of nitrogens with one attached hydrogen (secondary N) is 1. The second kappa shape index (κ2) is 4.70. The molecule has 1 N–H and O–H groups in total. The van der Waals surface area contributed by atoms with E-state index in [1.165, 1.54) is 5.56 Å². The smallest absolute Gasteiger partial charge is 0.252 e. The van der Waals surface area contributed by atoms with Gasteiger partial charge in [-0.15, -0.1) is 0 Å². The number of carbonyl (C=O) groups is 1. The van der Waals surface area contributed by atoms with Gasteiger partial charge in [-0.1, -0.05) is 30.3 Å². The molecular formula is C16H20N2O2. The molecule has 0 radical (unpaired) electrons. The van der Waals surface area contributed by atoms with Crippen molar-refractivity contribution in [2.75, 3.05) is 13.2 Å². The molecule has 0 aromatic heterocycles. The van der Waals surface area contributed by atoms with Crippen LogP contribution in [0.5, 0.6) is 0 Å². The first-order chi connectivity index (χ1) is 9.55. The number of hydrogen-bond acceptors (Lipinski definition) is 3. The van der Waals surface area contributed by atoms with E-state index in [4.69, 9.17) is 4.74 Å². The monoisotopic (exact) mass is 272 g/mol. The van der Waals surface area contributed by atoms with Gasteiger partial charge in [0.1, 0.15) is 11.4 Å². The number of rotatable bonds is 2. The van der Waals surface area contributed by atoms with Crippen molar-refractivity contribution in [3.8, 4) is 0 Å². The van der Waals surface area contributed by atoms with Crippen LogP contribution < -0.4 is 5.32 Å². The van der Waals surface area contributed by atoms with E-state index in [0.29, 0.717) is 13.2 Å². The Hall–Kier alpha value is -1.68. The van der Waals surface area contributed by atoms with E-state index in [0.717, 1.165) is 18.7 Å². The van der Waals surface area contributed by atoms with Crippen LogP contribution in [0.25, 0.3) is 0 Å². The molecule has 1 saturated heterocycles. The van der Waals surface area contributed by atoms with E-state index in [-0.39, 0.29) is 11.3 Å². The molecule has 2 aliphatic rings. The lowest BCUT2D eigenvalue weighted by atomic mass is 9.73. The molecule has 1 aromatic rings. The summed E-state index contributed by atoms with van der Waals surface area (Å²) in [5.74, 6) is 0.788. The molecule has 1 amide bonds. The van der Waals surface area contributed by atoms with Gasteiger partial charge in [-0.3, -0.25) is 9.79 Å². The van der Waals surface area contributed by atoms with Crippen LogP contribution in [0, 0.1) is 0 Å². The predicted octanol–water partition coefficient (Wildman–Crippen LogP) is 2.04. The molecule has 0 atom stereocenters. The lowest BCUT2D eigenvalue weighted by Gasteiger charge is -2.37. The summed E-state index contributed by atoms with van der Waals surface area (Å²) in [7, 11) is 0. The van der Waals surface area contributed by atoms with Crippen molar-refractivity contribution in [1.82, 2.24) is 5.32 Å². The summed E-state index contributed by atoms with van der Waals surface area (Å²) in [6.07, 6.45) is 1.71. The van der Waals surface area contributed by atoms with Crippen LogP contribution in [-0.2, 0) is 14.9 Å². The zero-order valence-electron chi connectivity index (χ0n) is 12.0. The Morgan fingerprint density at radius 1 is 1.15 bits per heavy atom. The van der Waals surface area contributed by atoms with Crippen molar-refractivity contribution in [1.29, 1.82) is 0 Å². The number of hydrogen-bond donors (Lipinski definition) is 1. The maximum absolute atomic E-state index is 12.1. The van der Waals surface area contributed by atoms with Gasteiger partial charge in [0.25, 0.3) is 5.91 Å². The molecule has 1 aromatic carbocycles. The summed E-state index contributed by atoms with van der Waals surface area (Å²) in [5, 5.41) is 3.01. The van der Waals surface area contributed by atoms with Gasteiger partial charge in [-0.05, 0) is 32.3 Å². The maximum atomic E-state index is 12.1. The Morgan fingerprint density at radius 3 is 2.35 bits per heavy atom. The van der Waals surface area contributed by atoms with Crippen LogP contribution in [0.4, 0.5) is 0 Å². The first-order valence-electron chi connectivity index (χ1n) is 7.10. The Bertz CT molecular complexity index is 543. The number of nitrogens with zero attached hydrogens (tertiary/aromatic N) is 1. The SMILES string of the molecule is CC1(C)N=C(C2(c3ccccc3)CCOCC2)NC1=O. The van der Waals surface area contributed by atoms with E-state index < -0.39 is 5.54 Å². The van der Waals surface area contributed by atoms with E-state index in [1.807, 2.05) is 32.0 Å². The first kappa shape index (κ1) is 13.3. The third-order valence-electron chi connectivity index (χ3n) is 4.30. The fourth-order valence-corrected chi connectivity index (χ4v) is 2.98. The molecule has 106 valence electrons. The second-order valence-electron chi connectivity index (χ2n) is 6.03. The summed E-state index contributed by atoms with van der Waals surface area (Å²) in [6, 6.07) is 10.3. The number of carbonyl (C=O) groups excluding carboxylic acids is 1. The maximum Gasteiger partial charge on any atom is 0.252 e. The highest BCUT2D eigenvalue weighted by Gasteiger charge is 2.46. The summed E-state index contributed by atoms with van der Waals surface area (Å²) in [5.41, 5.74) is 0.318. The van der Waals surface area contributed by atoms with E-state index in [9.17, 15) is 4.79 Å². The highest BCUT2D eigenvalue weighted by molar-refractivity contribution is 6.12. The molecule has 4 nitrogen and oxygen atoms in total. The predicted molar refractivity (Wildman–Crippen MR) is 77.8 cm³/mol. The minimum Gasteiger partial charge on any atom is -0.381 e. The fourth-order valence-electron chi connectivity index (χ4n) is 2.98. The normalized spacial score (nSPS) is 24.1. The van der Waals surface area contributed by atoms with Gasteiger partial charge < -0.3 is 10.1 Å². The Balaban J connectivity index is 2.06. The molecule has 3 rings (SSSR count). The zero-order valence-corrected chi connectivity index (χ0v) is 12.0. The molecule has 0 spiro atoms. The summed E-state index contributed by atoms with van der Waals surface area (Å²) in [4.78, 5) is 16.7. The Labute approximate surface area is 119 Å². The van der Waals surface area contributed by atoms with Crippen LogP contribution in [0.3, 0.4) is 0 Å². The topological polar surface area (TPSA) is 50.7 Å². The van der Waals surface area contributed by atoms with E-state index in [2.05, 4.69) is 22.4 Å². The molecule has 2 heterocycles. The molecule has 0 bridgehead atoms. The van der Waals surface area contributed by atoms with Crippen molar-refractivity contribution < 1.29 is 9.53 Å². The summed E-state index contributed by atoms with van der Waals surface area (Å²) in [6.45, 7) is 5.11. The third-order valence-corrected chi connectivity index (χ3v) is 4.30. The van der Waals surface area contributed by atoms with Crippen LogP contribution in [0.2, 0.25) is 0 Å². The van der Waals surface area contributed by atoms with Crippen LogP contribution in [0.1, 0.15) is 32.3 Å². The standard InChI is InChI=1S/C16H20N2O2/c1-15(2)14(19)17-13(18-15)16(8-10-20-11-9-16)12-6-4-3-5-7-12/h3-7H,8-11H2,1-2H3,(H,17,18,19). The zero-order chi connectivity index (χ0) is 14.2. The number of aliphatic imine (C=N–C) groups is 1. The Morgan fingerprint density at radius 2 is 1.80 bits per heavy atom. The summed E-state index contributed by atoms with van der Waals surface area (Å²) >= 11 is 0. The molecule has 1 fully saturated rings. The van der Waals surface area contributed by atoms with Crippen molar-refractivity contribution in [2.24, 2.45) is 4.99 Å². The van der Waals surface area contributed by atoms with Crippen molar-refractivity contribution >= 4 is 11.7 Å². The van der Waals surface area contributed by atoms with Crippen molar-refractivity contribution in [3.05, 3.63) is 35.9 Å². The van der Waals surface area contributed by atoms with Gasteiger partial charge in [-0.25, -0.2) is 0 Å². The van der Waals surface area contributed by atoms with E-state index >= 15 is 0 Å². The van der Waals surface area contributed by atoms with Crippen LogP contribution in [-0.4, -0.2) is 30.5 Å². The summed E-state index contributed by atoms with van der Waals surface area (Å²) < 4.78 is 5.52. The number of amidine groups is 1. The van der Waals surface area contributed by atoms with E-state index in [1.54, 1.807) is 0 Å². The van der Waals surface area contributed by atoms with Crippen molar-refractivity contribution in [3.63, 3.8) is 0 Å². The minimum absolute atomic E-state index is 0.0192. The van der Waals surface area contributed by atoms with Crippen molar-refractivity contribution in [2.45, 2.75) is 37.6 Å². The highest BCUT2D eigenvalue weighted by Crippen LogP contribution is 2.38. The molecule has 4 heteroatoms. The van der Waals surface area contributed by atoms with Gasteiger partial charge in [0.15, 0.2) is 0 Å². The largest absolute Gasteiger partial charge is 0.381 e. The lowest BCUT2D eigenvalue weighted by Crippen LogP contribution is -2.47. The number of ether oxygens (including phenoxy) is 1. The van der Waals surface area contributed by atoms with Gasteiger partial charge in [-0.2, -0.15) is 0 Å². The average Bonchev–Trinajstić information content (AvgIpc) is 2.75. The van der Waals surface area contributed by atoms with Gasteiger partial charge in [0.05, 0.1) is 5.41 Å². The minimum atomic E-state index is -0.671. The Kier molecular flexibility index (Phi) is 3.13. The number of benzene rings is 1. The van der Waals surface area contributed by atoms with Gasteiger partial charge >= 0.3 is 0 Å². The van der Waals surface area contributed by atoms with Gasteiger partial charge in [0.2, 0.25) is 0 Å².